The van der Waals surface area contributed by atoms with Crippen molar-refractivity contribution in [1.82, 2.24) is 14.8 Å². The van der Waals surface area contributed by atoms with Gasteiger partial charge in [0.15, 0.2) is 0 Å². The van der Waals surface area contributed by atoms with E-state index in [-0.39, 0.29) is 0 Å². The molecule has 0 aliphatic carbocycles. The zero-order valence-electron chi connectivity index (χ0n) is 8.72. The van der Waals surface area contributed by atoms with Crippen molar-refractivity contribution in [1.29, 1.82) is 0 Å². The fourth-order valence-electron chi connectivity index (χ4n) is 1.41. The van der Waals surface area contributed by atoms with Gasteiger partial charge in [0.2, 0.25) is 0 Å². The van der Waals surface area contributed by atoms with Crippen LogP contribution in [0.15, 0.2) is 36.9 Å². The van der Waals surface area contributed by atoms with Crippen molar-refractivity contribution in [3.63, 3.8) is 0 Å². The van der Waals surface area contributed by atoms with Crippen LogP contribution in [-0.2, 0) is 6.54 Å². The van der Waals surface area contributed by atoms with Crippen LogP contribution in [0.4, 0.5) is 5.69 Å². The molecule has 1 N–H and O–H groups in total. The van der Waals surface area contributed by atoms with Gasteiger partial charge in [-0.15, -0.1) is 0 Å². The maximum atomic E-state index is 4.13. The Balaban J connectivity index is 1.86. The van der Waals surface area contributed by atoms with Gasteiger partial charge in [0.1, 0.15) is 0 Å². The third-order valence-electron chi connectivity index (χ3n) is 2.24. The summed E-state index contributed by atoms with van der Waals surface area (Å²) in [4.78, 5) is 4.05. The average Bonchev–Trinajstić information content (AvgIpc) is 2.74. The molecule has 0 bridgehead atoms. The maximum Gasteiger partial charge on any atom is 0.0582 e. The molecule has 78 valence electrons. The van der Waals surface area contributed by atoms with Crippen LogP contribution < -0.4 is 5.32 Å². The second kappa shape index (κ2) is 4.59. The van der Waals surface area contributed by atoms with Gasteiger partial charge >= 0.3 is 0 Å². The van der Waals surface area contributed by atoms with E-state index in [1.54, 1.807) is 12.4 Å². The highest BCUT2D eigenvalue weighted by molar-refractivity contribution is 5.48. The summed E-state index contributed by atoms with van der Waals surface area (Å²) in [5, 5.41) is 7.48. The molecule has 0 atom stereocenters. The van der Waals surface area contributed by atoms with Crippen LogP contribution in [0.5, 0.6) is 0 Å². The molecule has 4 nitrogen and oxygen atoms in total. The van der Waals surface area contributed by atoms with E-state index >= 15 is 0 Å². The van der Waals surface area contributed by atoms with Crippen molar-refractivity contribution < 1.29 is 0 Å². The molecule has 2 aromatic rings. The minimum Gasteiger partial charge on any atom is -0.383 e. The minimum absolute atomic E-state index is 0.868. The molecular formula is C11H14N4. The quantitative estimate of drug-likeness (QED) is 0.820. The first-order chi connectivity index (χ1) is 7.36. The zero-order valence-corrected chi connectivity index (χ0v) is 8.72. The molecule has 0 saturated carbocycles. The Bertz CT molecular complexity index is 408. The van der Waals surface area contributed by atoms with Crippen LogP contribution in [0.1, 0.15) is 5.56 Å². The lowest BCUT2D eigenvalue weighted by Crippen LogP contribution is -2.11. The average molecular weight is 202 g/mol. The molecule has 2 aromatic heterocycles. The van der Waals surface area contributed by atoms with E-state index in [0.717, 1.165) is 24.3 Å². The van der Waals surface area contributed by atoms with E-state index in [1.807, 2.05) is 36.1 Å². The van der Waals surface area contributed by atoms with E-state index in [1.165, 1.54) is 0 Å². The topological polar surface area (TPSA) is 42.7 Å². The number of rotatable bonds is 4. The molecule has 4 heteroatoms. The zero-order chi connectivity index (χ0) is 10.5. The van der Waals surface area contributed by atoms with Gasteiger partial charge < -0.3 is 5.32 Å². The fraction of sp³-hybridized carbons (Fsp3) is 0.273. The van der Waals surface area contributed by atoms with Gasteiger partial charge in [-0.2, -0.15) is 5.10 Å². The normalized spacial score (nSPS) is 10.2. The molecule has 0 fully saturated rings. The molecule has 2 rings (SSSR count). The third-order valence-corrected chi connectivity index (χ3v) is 2.24. The molecule has 0 spiro atoms. The van der Waals surface area contributed by atoms with Crippen LogP contribution in [0.3, 0.4) is 0 Å². The summed E-state index contributed by atoms with van der Waals surface area (Å²) in [5.41, 5.74) is 2.30. The Morgan fingerprint density at radius 1 is 1.40 bits per heavy atom. The Morgan fingerprint density at radius 2 is 2.33 bits per heavy atom. The lowest BCUT2D eigenvalue weighted by atomic mass is 10.2. The summed E-state index contributed by atoms with van der Waals surface area (Å²) in [7, 11) is 0. The number of anilines is 1. The van der Waals surface area contributed by atoms with Gasteiger partial charge in [0.05, 0.1) is 6.54 Å². The van der Waals surface area contributed by atoms with E-state index in [2.05, 4.69) is 15.4 Å². The van der Waals surface area contributed by atoms with E-state index < -0.39 is 0 Å². The Hall–Kier alpha value is -1.84. The van der Waals surface area contributed by atoms with Gasteiger partial charge in [-0.05, 0) is 24.6 Å². The smallest absolute Gasteiger partial charge is 0.0582 e. The second-order valence-electron chi connectivity index (χ2n) is 3.39. The first-order valence-electron chi connectivity index (χ1n) is 4.98. The van der Waals surface area contributed by atoms with Gasteiger partial charge in [0, 0.05) is 37.0 Å². The number of pyridine rings is 1. The Labute approximate surface area is 89.0 Å². The molecule has 0 aromatic carbocycles. The van der Waals surface area contributed by atoms with Crippen molar-refractivity contribution in [2.75, 3.05) is 11.9 Å². The van der Waals surface area contributed by atoms with Crippen molar-refractivity contribution >= 4 is 5.69 Å². The monoisotopic (exact) mass is 202 g/mol. The summed E-state index contributed by atoms with van der Waals surface area (Å²) < 4.78 is 1.91. The lowest BCUT2D eigenvalue weighted by molar-refractivity contribution is 0.637. The first kappa shape index (κ1) is 9.71. The van der Waals surface area contributed by atoms with Crippen molar-refractivity contribution in [2.45, 2.75) is 13.5 Å². The SMILES string of the molecule is Cc1cnccc1NCCn1cccn1. The number of aryl methyl sites for hydroxylation is 1. The summed E-state index contributed by atoms with van der Waals surface area (Å²) in [6, 6.07) is 3.91. The summed E-state index contributed by atoms with van der Waals surface area (Å²) in [5.74, 6) is 0. The number of hydrogen-bond donors (Lipinski definition) is 1. The van der Waals surface area contributed by atoms with Crippen molar-refractivity contribution in [3.8, 4) is 0 Å². The standard InChI is InChI=1S/C11H14N4/c1-10-9-12-5-3-11(10)13-6-8-15-7-2-4-14-15/h2-5,7,9H,6,8H2,1H3,(H,12,13). The van der Waals surface area contributed by atoms with Crippen LogP contribution in [0.2, 0.25) is 0 Å². The number of hydrogen-bond acceptors (Lipinski definition) is 3. The van der Waals surface area contributed by atoms with E-state index in [0.29, 0.717) is 0 Å². The predicted molar refractivity (Wildman–Crippen MR) is 59.7 cm³/mol. The van der Waals surface area contributed by atoms with Crippen molar-refractivity contribution in [2.24, 2.45) is 0 Å². The molecule has 0 aliphatic rings. The third kappa shape index (κ3) is 2.56. The molecule has 0 unspecified atom stereocenters. The first-order valence-corrected chi connectivity index (χ1v) is 4.98. The van der Waals surface area contributed by atoms with Gasteiger partial charge in [-0.1, -0.05) is 0 Å². The molecule has 0 aliphatic heterocycles. The van der Waals surface area contributed by atoms with Gasteiger partial charge in [0.25, 0.3) is 0 Å². The Morgan fingerprint density at radius 3 is 3.07 bits per heavy atom. The van der Waals surface area contributed by atoms with Gasteiger partial charge in [-0.3, -0.25) is 9.67 Å². The summed E-state index contributed by atoms with van der Waals surface area (Å²) in [6.07, 6.45) is 7.40. The lowest BCUT2D eigenvalue weighted by Gasteiger charge is -2.08. The summed E-state index contributed by atoms with van der Waals surface area (Å²) in [6.45, 7) is 3.78. The maximum absolute atomic E-state index is 4.13. The molecular weight excluding hydrogens is 188 g/mol. The van der Waals surface area contributed by atoms with Crippen LogP contribution >= 0.6 is 0 Å². The Kier molecular flexibility index (Phi) is 2.97. The largest absolute Gasteiger partial charge is 0.383 e. The molecule has 0 radical (unpaired) electrons. The summed E-state index contributed by atoms with van der Waals surface area (Å²) >= 11 is 0. The number of aromatic nitrogens is 3. The van der Waals surface area contributed by atoms with Crippen molar-refractivity contribution in [3.05, 3.63) is 42.5 Å². The van der Waals surface area contributed by atoms with Gasteiger partial charge in [-0.25, -0.2) is 0 Å². The highest BCUT2D eigenvalue weighted by atomic mass is 15.3. The fourth-order valence-corrected chi connectivity index (χ4v) is 1.41. The molecule has 0 saturated heterocycles. The molecule has 2 heterocycles. The molecule has 15 heavy (non-hydrogen) atoms. The predicted octanol–water partition coefficient (Wildman–Crippen LogP) is 1.70. The van der Waals surface area contributed by atoms with Crippen LogP contribution in [0, 0.1) is 6.92 Å². The van der Waals surface area contributed by atoms with Crippen LogP contribution in [-0.4, -0.2) is 21.3 Å². The highest BCUT2D eigenvalue weighted by Gasteiger charge is 1.96. The number of nitrogens with zero attached hydrogens (tertiary/aromatic N) is 3. The minimum atomic E-state index is 0.868. The highest BCUT2D eigenvalue weighted by Crippen LogP contribution is 2.10. The molecule has 0 amide bonds. The van der Waals surface area contributed by atoms with E-state index in [9.17, 15) is 0 Å². The van der Waals surface area contributed by atoms with Crippen LogP contribution in [0.25, 0.3) is 0 Å². The van der Waals surface area contributed by atoms with E-state index in [4.69, 9.17) is 0 Å². The number of nitrogens with one attached hydrogen (secondary N) is 1. The second-order valence-corrected chi connectivity index (χ2v) is 3.39.